The molecule has 1 saturated carbocycles. The van der Waals surface area contributed by atoms with Crippen LogP contribution in [0, 0.1) is 11.8 Å². The van der Waals surface area contributed by atoms with Crippen LogP contribution in [0.15, 0.2) is 0 Å². The Labute approximate surface area is 115 Å². The van der Waals surface area contributed by atoms with Gasteiger partial charge in [0.2, 0.25) is 0 Å². The Hall–Kier alpha value is -0.330. The van der Waals surface area contributed by atoms with Gasteiger partial charge in [-0.05, 0) is 33.6 Å². The van der Waals surface area contributed by atoms with E-state index in [9.17, 15) is 9.59 Å². The molecule has 0 unspecified atom stereocenters. The molecule has 4 nitrogen and oxygen atoms in total. The summed E-state index contributed by atoms with van der Waals surface area (Å²) in [5.41, 5.74) is -0.503. The number of carbonyl (C=O) groups is 2. The molecule has 0 aromatic heterocycles. The van der Waals surface area contributed by atoms with E-state index in [2.05, 4.69) is 22.6 Å². The summed E-state index contributed by atoms with van der Waals surface area (Å²) in [4.78, 5) is 23.7. The van der Waals surface area contributed by atoms with Gasteiger partial charge in [-0.15, -0.1) is 0 Å². The van der Waals surface area contributed by atoms with Crippen molar-refractivity contribution in [3.05, 3.63) is 0 Å². The molecule has 0 amide bonds. The topological polar surface area (TPSA) is 52.6 Å². The van der Waals surface area contributed by atoms with Crippen molar-refractivity contribution in [1.82, 2.24) is 0 Å². The molecule has 2 bridgehead atoms. The molecule has 2 rings (SSSR count). The van der Waals surface area contributed by atoms with E-state index in [4.69, 9.17) is 9.47 Å². The van der Waals surface area contributed by atoms with Crippen molar-refractivity contribution in [2.75, 3.05) is 0 Å². The Kier molecular flexibility index (Phi) is 3.40. The third-order valence-electron chi connectivity index (χ3n) is 3.13. The first-order chi connectivity index (χ1) is 7.78. The van der Waals surface area contributed by atoms with Crippen LogP contribution in [0.25, 0.3) is 0 Å². The van der Waals surface area contributed by atoms with Gasteiger partial charge in [0.25, 0.3) is 0 Å². The maximum absolute atomic E-state index is 12.1. The number of hydrogen-bond acceptors (Lipinski definition) is 4. The molecule has 0 aromatic carbocycles. The normalized spacial score (nSPS) is 36.6. The predicted octanol–water partition coefficient (Wildman–Crippen LogP) is 2.08. The van der Waals surface area contributed by atoms with Gasteiger partial charge in [0.05, 0.1) is 11.8 Å². The summed E-state index contributed by atoms with van der Waals surface area (Å²) < 4.78 is 10.8. The van der Waals surface area contributed by atoms with E-state index in [0.717, 1.165) is 0 Å². The Morgan fingerprint density at radius 2 is 2.06 bits per heavy atom. The first-order valence-electron chi connectivity index (χ1n) is 5.85. The number of carbonyl (C=O) groups excluding carboxylic acids is 2. The monoisotopic (exact) mass is 352 g/mol. The van der Waals surface area contributed by atoms with E-state index in [1.165, 1.54) is 0 Å². The van der Waals surface area contributed by atoms with Crippen molar-refractivity contribution < 1.29 is 19.1 Å². The highest BCUT2D eigenvalue weighted by molar-refractivity contribution is 14.1. The average Bonchev–Trinajstić information content (AvgIpc) is 2.48. The predicted molar refractivity (Wildman–Crippen MR) is 69.7 cm³/mol. The third kappa shape index (κ3) is 2.74. The van der Waals surface area contributed by atoms with Crippen LogP contribution in [0.4, 0.5) is 0 Å². The first kappa shape index (κ1) is 13.1. The molecule has 2 fully saturated rings. The Balaban J connectivity index is 2.10. The van der Waals surface area contributed by atoms with Gasteiger partial charge in [0.1, 0.15) is 11.7 Å². The second kappa shape index (κ2) is 4.40. The summed E-state index contributed by atoms with van der Waals surface area (Å²) in [6.07, 6.45) is 1.33. The van der Waals surface area contributed by atoms with Crippen LogP contribution in [0.2, 0.25) is 0 Å². The van der Waals surface area contributed by atoms with Crippen molar-refractivity contribution in [2.24, 2.45) is 11.8 Å². The van der Waals surface area contributed by atoms with Crippen LogP contribution >= 0.6 is 22.6 Å². The molecule has 0 radical (unpaired) electrons. The van der Waals surface area contributed by atoms with Gasteiger partial charge >= 0.3 is 11.9 Å². The van der Waals surface area contributed by atoms with Crippen LogP contribution in [-0.4, -0.2) is 27.6 Å². The van der Waals surface area contributed by atoms with Gasteiger partial charge < -0.3 is 9.47 Å². The quantitative estimate of drug-likeness (QED) is 0.412. The molecule has 1 saturated heterocycles. The molecule has 1 aliphatic carbocycles. The molecule has 1 aliphatic heterocycles. The molecule has 0 N–H and O–H groups in total. The van der Waals surface area contributed by atoms with Crippen LogP contribution in [0.5, 0.6) is 0 Å². The molecule has 5 heteroatoms. The number of rotatable bonds is 1. The second-order valence-electron chi connectivity index (χ2n) is 5.71. The zero-order valence-corrected chi connectivity index (χ0v) is 12.4. The lowest BCUT2D eigenvalue weighted by molar-refractivity contribution is -0.164. The number of ether oxygens (including phenoxy) is 2. The maximum atomic E-state index is 12.1. The lowest BCUT2D eigenvalue weighted by atomic mass is 9.80. The molecule has 1 heterocycles. The highest BCUT2D eigenvalue weighted by Crippen LogP contribution is 2.42. The fourth-order valence-corrected chi connectivity index (χ4v) is 3.37. The van der Waals surface area contributed by atoms with Gasteiger partial charge in [-0.2, -0.15) is 0 Å². The Morgan fingerprint density at radius 1 is 1.41 bits per heavy atom. The zero-order chi connectivity index (χ0) is 12.8. The smallest absolute Gasteiger partial charge is 0.310 e. The summed E-state index contributed by atoms with van der Waals surface area (Å²) in [6.45, 7) is 5.51. The highest BCUT2D eigenvalue weighted by Gasteiger charge is 2.51. The minimum atomic E-state index is -0.503. The van der Waals surface area contributed by atoms with Crippen LogP contribution in [0.3, 0.4) is 0 Å². The molecule has 4 atom stereocenters. The summed E-state index contributed by atoms with van der Waals surface area (Å²) in [5, 5.41) is 0. The molecular formula is C12H17IO4. The second-order valence-corrected chi connectivity index (χ2v) is 7.31. The molecule has 96 valence electrons. The average molecular weight is 352 g/mol. The highest BCUT2D eigenvalue weighted by atomic mass is 127. The van der Waals surface area contributed by atoms with Crippen molar-refractivity contribution in [3.8, 4) is 0 Å². The fraction of sp³-hybridized carbons (Fsp3) is 0.833. The number of halogens is 1. The number of fused-ring (bicyclic) bond motifs is 2. The standard InChI is InChI=1S/C12H17IO4/c1-12(2,3)17-11(15)6-4-8(13)9-5-7(6)10(14)16-9/h6-9H,4-5H2,1-3H3/t6-,7+,8-,9-/m1/s1. The number of hydrogen-bond donors (Lipinski definition) is 0. The van der Waals surface area contributed by atoms with Crippen molar-refractivity contribution in [2.45, 2.75) is 49.2 Å². The summed E-state index contributed by atoms with van der Waals surface area (Å²) in [6, 6.07) is 0. The molecule has 0 aromatic rings. The van der Waals surface area contributed by atoms with E-state index < -0.39 is 5.60 Å². The van der Waals surface area contributed by atoms with Crippen LogP contribution < -0.4 is 0 Å². The van der Waals surface area contributed by atoms with Gasteiger partial charge in [0.15, 0.2) is 0 Å². The van der Waals surface area contributed by atoms with Crippen LogP contribution in [-0.2, 0) is 19.1 Å². The minimum absolute atomic E-state index is 0.00760. The summed E-state index contributed by atoms with van der Waals surface area (Å²) in [5.74, 6) is -1.12. The molecular weight excluding hydrogens is 335 g/mol. The molecule has 2 aliphatic rings. The van der Waals surface area contributed by atoms with E-state index in [1.54, 1.807) is 0 Å². The molecule has 17 heavy (non-hydrogen) atoms. The maximum Gasteiger partial charge on any atom is 0.310 e. The molecule has 0 spiro atoms. The lowest BCUT2D eigenvalue weighted by Gasteiger charge is -2.30. The lowest BCUT2D eigenvalue weighted by Crippen LogP contribution is -2.38. The van der Waals surface area contributed by atoms with E-state index >= 15 is 0 Å². The van der Waals surface area contributed by atoms with Crippen LogP contribution in [0.1, 0.15) is 33.6 Å². The largest absolute Gasteiger partial charge is 0.461 e. The SMILES string of the molecule is CC(C)(C)OC(=O)[C@@H]1C[C@@H](I)[C@H]2C[C@@H]1C(=O)O2. The third-order valence-corrected chi connectivity index (χ3v) is 4.44. The van der Waals surface area contributed by atoms with Gasteiger partial charge in [-0.1, -0.05) is 22.6 Å². The summed E-state index contributed by atoms with van der Waals surface area (Å²) in [7, 11) is 0. The summed E-state index contributed by atoms with van der Waals surface area (Å²) >= 11 is 2.26. The van der Waals surface area contributed by atoms with Gasteiger partial charge in [-0.25, -0.2) is 0 Å². The van der Waals surface area contributed by atoms with Crippen molar-refractivity contribution in [1.29, 1.82) is 0 Å². The Bertz CT molecular complexity index is 347. The zero-order valence-electron chi connectivity index (χ0n) is 10.2. The number of esters is 2. The number of alkyl halides is 1. The van der Waals surface area contributed by atoms with Gasteiger partial charge in [-0.3, -0.25) is 9.59 Å². The van der Waals surface area contributed by atoms with E-state index in [0.29, 0.717) is 12.8 Å². The minimum Gasteiger partial charge on any atom is -0.461 e. The van der Waals surface area contributed by atoms with Crippen molar-refractivity contribution in [3.63, 3.8) is 0 Å². The van der Waals surface area contributed by atoms with Gasteiger partial charge in [0, 0.05) is 3.92 Å². The van der Waals surface area contributed by atoms with E-state index in [-0.39, 0.29) is 33.8 Å². The van der Waals surface area contributed by atoms with E-state index in [1.807, 2.05) is 20.8 Å². The van der Waals surface area contributed by atoms with Crippen molar-refractivity contribution >= 4 is 34.5 Å². The Morgan fingerprint density at radius 3 is 2.65 bits per heavy atom. The fourth-order valence-electron chi connectivity index (χ4n) is 2.38. The first-order valence-corrected chi connectivity index (χ1v) is 7.10.